The molecule has 7 nitrogen and oxygen atoms in total. The molecule has 0 saturated carbocycles. The molecule has 0 aromatic heterocycles. The largest absolute Gasteiger partial charge is 0.542 e. The number of hydrogen-bond donors (Lipinski definition) is 1. The minimum absolute atomic E-state index is 0.222. The lowest BCUT2D eigenvalue weighted by molar-refractivity contribution is -0.956. The van der Waals surface area contributed by atoms with E-state index in [0.29, 0.717) is 11.8 Å². The number of ether oxygens (including phenoxy) is 3. The van der Waals surface area contributed by atoms with Crippen LogP contribution in [0.2, 0.25) is 0 Å². The average Bonchev–Trinajstić information content (AvgIpc) is 2.76. The number of carboxylic acids is 1. The van der Waals surface area contributed by atoms with Gasteiger partial charge < -0.3 is 33.7 Å². The number of aliphatic carboxylic acids is 1. The van der Waals surface area contributed by atoms with Gasteiger partial charge in [0.25, 0.3) is 0 Å². The minimum Gasteiger partial charge on any atom is -0.542 e. The molecule has 33 heavy (non-hydrogen) atoms. The van der Waals surface area contributed by atoms with Crippen molar-refractivity contribution in [3.8, 4) is 23.0 Å². The number of halogens is 3. The van der Waals surface area contributed by atoms with Gasteiger partial charge in [-0.15, -0.1) is 0 Å². The number of carboxylic acid groups (broad SMARTS) is 1. The maximum atomic E-state index is 10.5. The molecule has 2 heterocycles. The summed E-state index contributed by atoms with van der Waals surface area (Å²) in [4.78, 5) is 8.78. The molecule has 0 radical (unpaired) electrons. The molecule has 0 aliphatic carbocycles. The monoisotopic (exact) mass is 469 g/mol. The number of phenols is 1. The number of likely N-dealkylation sites (N-methyl/N-ethyl adjacent to an activating group) is 1. The molecule has 0 bridgehead atoms. The van der Waals surface area contributed by atoms with Crippen LogP contribution in [-0.2, 0) is 24.2 Å². The predicted molar refractivity (Wildman–Crippen MR) is 110 cm³/mol. The van der Waals surface area contributed by atoms with Crippen molar-refractivity contribution in [2.75, 3.05) is 34.9 Å². The maximum Gasteiger partial charge on any atom is 0.430 e. The topological polar surface area (TPSA) is 88.1 Å². The number of carbonyl (C=O) groups is 1. The van der Waals surface area contributed by atoms with Crippen LogP contribution >= 0.6 is 0 Å². The molecule has 180 valence electrons. The fourth-order valence-electron chi connectivity index (χ4n) is 4.60. The summed E-state index contributed by atoms with van der Waals surface area (Å²) in [6.07, 6.45) is -3.26. The highest BCUT2D eigenvalue weighted by Gasteiger charge is 2.43. The summed E-state index contributed by atoms with van der Waals surface area (Å²) in [6, 6.07) is 8.50. The van der Waals surface area contributed by atoms with E-state index in [2.05, 4.69) is 19.2 Å². The summed E-state index contributed by atoms with van der Waals surface area (Å²) in [5, 5.41) is 19.0. The quantitative estimate of drug-likeness (QED) is 0.696. The Morgan fingerprint density at radius 1 is 1.00 bits per heavy atom. The highest BCUT2D eigenvalue weighted by Crippen LogP contribution is 2.47. The van der Waals surface area contributed by atoms with Gasteiger partial charge in [-0.2, -0.15) is 13.2 Å². The smallest absolute Gasteiger partial charge is 0.430 e. The number of rotatable bonds is 3. The molecule has 0 saturated heterocycles. The number of phenolic OH excluding ortho intramolecular Hbond substituents is 1. The van der Waals surface area contributed by atoms with Crippen LogP contribution in [0.1, 0.15) is 28.3 Å². The Balaban J connectivity index is 0.000000383. The highest BCUT2D eigenvalue weighted by molar-refractivity contribution is 5.70. The summed E-state index contributed by atoms with van der Waals surface area (Å²) in [5.74, 6) is -0.658. The second-order valence-corrected chi connectivity index (χ2v) is 8.32. The van der Waals surface area contributed by atoms with Gasteiger partial charge in [0.1, 0.15) is 18.6 Å². The second kappa shape index (κ2) is 9.01. The first-order chi connectivity index (χ1) is 15.4. The van der Waals surface area contributed by atoms with Gasteiger partial charge in [-0.3, -0.25) is 0 Å². The number of benzene rings is 2. The van der Waals surface area contributed by atoms with Gasteiger partial charge in [-0.25, -0.2) is 0 Å². The average molecular weight is 469 g/mol. The molecule has 2 aliphatic rings. The lowest BCUT2D eigenvalue weighted by atomic mass is 9.81. The van der Waals surface area contributed by atoms with Crippen LogP contribution < -0.4 is 19.3 Å². The van der Waals surface area contributed by atoms with Crippen molar-refractivity contribution in [2.45, 2.75) is 31.6 Å². The Morgan fingerprint density at radius 3 is 2.09 bits per heavy atom. The summed E-state index contributed by atoms with van der Waals surface area (Å²) in [6.45, 7) is 1.98. The summed E-state index contributed by atoms with van der Waals surface area (Å²) < 4.78 is 48.9. The first kappa shape index (κ1) is 24.5. The first-order valence-corrected chi connectivity index (χ1v) is 10.2. The summed E-state index contributed by atoms with van der Waals surface area (Å²) >= 11 is 0. The Bertz CT molecular complexity index is 1060. The van der Waals surface area contributed by atoms with Gasteiger partial charge in [0.05, 0.1) is 34.9 Å². The fraction of sp³-hybridized carbons (Fsp3) is 0.435. The SMILES string of the molecule is COc1cc2c(cc1O)C[N@+]1(C)CCc3cc(OC)c(OC)cc3[C@@H]1C2.O=C([O-])C(F)(F)F. The van der Waals surface area contributed by atoms with Gasteiger partial charge in [-0.05, 0) is 35.4 Å². The molecule has 1 N–H and O–H groups in total. The van der Waals surface area contributed by atoms with E-state index in [0.717, 1.165) is 41.9 Å². The Hall–Kier alpha value is -3.14. The molecule has 2 aliphatic heterocycles. The van der Waals surface area contributed by atoms with E-state index in [1.54, 1.807) is 21.3 Å². The first-order valence-electron chi connectivity index (χ1n) is 10.2. The number of fused-ring (bicyclic) bond motifs is 4. The number of methoxy groups -OCH3 is 3. The van der Waals surface area contributed by atoms with Gasteiger partial charge in [-0.1, -0.05) is 0 Å². The number of alkyl halides is 3. The number of hydrogen-bond acceptors (Lipinski definition) is 6. The third-order valence-electron chi connectivity index (χ3n) is 6.33. The Kier molecular flexibility index (Phi) is 6.69. The van der Waals surface area contributed by atoms with E-state index in [1.165, 1.54) is 22.3 Å². The van der Waals surface area contributed by atoms with Crippen molar-refractivity contribution in [1.29, 1.82) is 0 Å². The lowest BCUT2D eigenvalue weighted by Crippen LogP contribution is -2.53. The van der Waals surface area contributed by atoms with Crippen molar-refractivity contribution in [3.63, 3.8) is 0 Å². The zero-order valence-corrected chi connectivity index (χ0v) is 18.8. The summed E-state index contributed by atoms with van der Waals surface area (Å²) in [7, 11) is 7.28. The molecule has 10 heteroatoms. The van der Waals surface area contributed by atoms with Crippen LogP contribution in [0.5, 0.6) is 23.0 Å². The van der Waals surface area contributed by atoms with Crippen LogP contribution in [0, 0.1) is 0 Å². The van der Waals surface area contributed by atoms with Gasteiger partial charge in [0.2, 0.25) is 0 Å². The number of nitrogens with zero attached hydrogens (tertiary/aromatic N) is 1. The highest BCUT2D eigenvalue weighted by atomic mass is 19.4. The van der Waals surface area contributed by atoms with E-state index in [-0.39, 0.29) is 5.75 Å². The van der Waals surface area contributed by atoms with Crippen molar-refractivity contribution in [1.82, 2.24) is 0 Å². The summed E-state index contributed by atoms with van der Waals surface area (Å²) in [5.41, 5.74) is 5.15. The maximum absolute atomic E-state index is 10.5. The molecule has 0 amide bonds. The zero-order valence-electron chi connectivity index (χ0n) is 18.8. The van der Waals surface area contributed by atoms with Gasteiger partial charge in [0, 0.05) is 24.0 Å². The van der Waals surface area contributed by atoms with Crippen LogP contribution in [0.15, 0.2) is 24.3 Å². The third kappa shape index (κ3) is 4.80. The Labute approximate surface area is 189 Å². The fourth-order valence-corrected chi connectivity index (χ4v) is 4.60. The number of quaternary nitrogens is 1. The number of aromatic hydroxyl groups is 1. The van der Waals surface area contributed by atoms with E-state index < -0.39 is 12.1 Å². The second-order valence-electron chi connectivity index (χ2n) is 8.32. The van der Waals surface area contributed by atoms with Crippen molar-refractivity contribution in [2.24, 2.45) is 0 Å². The van der Waals surface area contributed by atoms with Crippen LogP contribution in [-0.4, -0.2) is 56.7 Å². The minimum atomic E-state index is -5.19. The van der Waals surface area contributed by atoms with E-state index in [9.17, 15) is 18.3 Å². The molecule has 2 aromatic carbocycles. The standard InChI is InChI=1S/C21H25NO4.C2HF3O2/c1-22-6-5-13-9-20(25-3)21(26-4)11-16(13)17(22)7-14-10-19(24-2)18(23)8-15(14)12-22;3-2(4,5)1(6)7/h8-11,17H,5-7,12H2,1-4H3;(H,6,7)/t17-,22-;/m0./s1. The predicted octanol–water partition coefficient (Wildman–Crippen LogP) is 2.52. The zero-order chi connectivity index (χ0) is 24.6. The molecule has 2 atom stereocenters. The lowest BCUT2D eigenvalue weighted by Gasteiger charge is -2.49. The molecular formula is C23H26F3NO6. The molecular weight excluding hydrogens is 443 g/mol. The van der Waals surface area contributed by atoms with Gasteiger partial charge in [0.15, 0.2) is 23.0 Å². The molecule has 0 spiro atoms. The van der Waals surface area contributed by atoms with Crippen LogP contribution in [0.4, 0.5) is 13.2 Å². The van der Waals surface area contributed by atoms with E-state index >= 15 is 0 Å². The molecule has 4 rings (SSSR count). The van der Waals surface area contributed by atoms with Crippen LogP contribution in [0.25, 0.3) is 0 Å². The van der Waals surface area contributed by atoms with Crippen LogP contribution in [0.3, 0.4) is 0 Å². The van der Waals surface area contributed by atoms with Gasteiger partial charge >= 0.3 is 6.18 Å². The van der Waals surface area contributed by atoms with Crippen molar-refractivity contribution < 1.29 is 46.9 Å². The molecule has 0 unspecified atom stereocenters. The van der Waals surface area contributed by atoms with E-state index in [4.69, 9.17) is 24.1 Å². The molecule has 0 fully saturated rings. The van der Waals surface area contributed by atoms with Crippen molar-refractivity contribution >= 4 is 5.97 Å². The normalized spacial score (nSPS) is 20.9. The number of carbonyl (C=O) groups excluding carboxylic acids is 1. The molecule has 2 aromatic rings. The van der Waals surface area contributed by atoms with E-state index in [1.807, 2.05) is 12.1 Å². The Morgan fingerprint density at radius 2 is 1.55 bits per heavy atom. The third-order valence-corrected chi connectivity index (χ3v) is 6.33. The van der Waals surface area contributed by atoms with Crippen molar-refractivity contribution in [3.05, 3.63) is 46.5 Å².